The molecular formula is C12H12N2O5. The second-order valence-electron chi connectivity index (χ2n) is 4.11. The van der Waals surface area contributed by atoms with Crippen LogP contribution in [0, 0.1) is 10.1 Å². The van der Waals surface area contributed by atoms with Crippen molar-refractivity contribution in [3.8, 4) is 0 Å². The van der Waals surface area contributed by atoms with Crippen LogP contribution in [0.1, 0.15) is 18.4 Å². The standard InChI is InChI=1S/C12H12N2O5/c1-7-10(11(19-13-7)12(15)18-2)8-3-5-9(6-4-8)14(16)17/h3-6,10-11H,1-2H3/t10?,11-/m1/s1. The quantitative estimate of drug-likeness (QED) is 0.470. The third-order valence-electron chi connectivity index (χ3n) is 2.96. The van der Waals surface area contributed by atoms with E-state index in [-0.39, 0.29) is 11.6 Å². The van der Waals surface area contributed by atoms with Crippen molar-refractivity contribution in [2.45, 2.75) is 18.9 Å². The lowest BCUT2D eigenvalue weighted by atomic mass is 9.90. The van der Waals surface area contributed by atoms with Crippen LogP contribution in [-0.4, -0.2) is 29.8 Å². The Morgan fingerprint density at radius 1 is 1.42 bits per heavy atom. The zero-order valence-corrected chi connectivity index (χ0v) is 10.4. The highest BCUT2D eigenvalue weighted by atomic mass is 16.7. The minimum absolute atomic E-state index is 0.00752. The van der Waals surface area contributed by atoms with Crippen molar-refractivity contribution < 1.29 is 19.3 Å². The summed E-state index contributed by atoms with van der Waals surface area (Å²) < 4.78 is 4.65. The first kappa shape index (κ1) is 13.0. The van der Waals surface area contributed by atoms with Gasteiger partial charge in [0.15, 0.2) is 0 Å². The SMILES string of the molecule is COC(=O)[C@@H]1ON=C(C)C1c1ccc([N+](=O)[O-])cc1. The average Bonchev–Trinajstić information content (AvgIpc) is 2.80. The van der Waals surface area contributed by atoms with E-state index in [4.69, 9.17) is 4.84 Å². The van der Waals surface area contributed by atoms with Crippen LogP contribution in [-0.2, 0) is 14.4 Å². The Labute approximate surface area is 109 Å². The van der Waals surface area contributed by atoms with E-state index >= 15 is 0 Å². The molecule has 0 aromatic heterocycles. The summed E-state index contributed by atoms with van der Waals surface area (Å²) >= 11 is 0. The van der Waals surface area contributed by atoms with Gasteiger partial charge in [-0.3, -0.25) is 10.1 Å². The first-order valence-electron chi connectivity index (χ1n) is 5.57. The minimum Gasteiger partial charge on any atom is -0.466 e. The van der Waals surface area contributed by atoms with E-state index in [0.29, 0.717) is 5.71 Å². The zero-order valence-electron chi connectivity index (χ0n) is 10.4. The van der Waals surface area contributed by atoms with E-state index in [9.17, 15) is 14.9 Å². The van der Waals surface area contributed by atoms with E-state index < -0.39 is 17.0 Å². The van der Waals surface area contributed by atoms with Gasteiger partial charge in [0, 0.05) is 12.1 Å². The van der Waals surface area contributed by atoms with Gasteiger partial charge in [-0.25, -0.2) is 4.79 Å². The summed E-state index contributed by atoms with van der Waals surface area (Å²) in [5.74, 6) is -0.905. The molecule has 0 bridgehead atoms. The van der Waals surface area contributed by atoms with E-state index in [1.54, 1.807) is 19.1 Å². The number of hydrogen-bond acceptors (Lipinski definition) is 6. The van der Waals surface area contributed by atoms with Gasteiger partial charge in [-0.1, -0.05) is 17.3 Å². The van der Waals surface area contributed by atoms with Crippen molar-refractivity contribution in [2.75, 3.05) is 7.11 Å². The largest absolute Gasteiger partial charge is 0.466 e. The molecule has 0 radical (unpaired) electrons. The van der Waals surface area contributed by atoms with Gasteiger partial charge in [0.2, 0.25) is 6.10 Å². The fourth-order valence-corrected chi connectivity index (χ4v) is 1.99. The summed E-state index contributed by atoms with van der Waals surface area (Å²) in [5.41, 5.74) is 1.34. The van der Waals surface area contributed by atoms with E-state index in [1.165, 1.54) is 19.2 Å². The number of methoxy groups -OCH3 is 1. The molecule has 0 aliphatic carbocycles. The fraction of sp³-hybridized carbons (Fsp3) is 0.333. The second-order valence-corrected chi connectivity index (χ2v) is 4.11. The van der Waals surface area contributed by atoms with E-state index in [1.807, 2.05) is 0 Å². The molecule has 2 atom stereocenters. The predicted octanol–water partition coefficient (Wildman–Crippen LogP) is 1.63. The molecule has 0 saturated carbocycles. The topological polar surface area (TPSA) is 91.0 Å². The highest BCUT2D eigenvalue weighted by molar-refractivity contribution is 5.95. The van der Waals surface area contributed by atoms with Crippen LogP contribution in [0.15, 0.2) is 29.4 Å². The Hall–Kier alpha value is -2.44. The van der Waals surface area contributed by atoms with Gasteiger partial charge < -0.3 is 9.57 Å². The number of esters is 1. The molecular weight excluding hydrogens is 252 g/mol. The molecule has 0 fully saturated rings. The third-order valence-corrected chi connectivity index (χ3v) is 2.96. The van der Waals surface area contributed by atoms with Crippen LogP contribution in [0.25, 0.3) is 0 Å². The lowest BCUT2D eigenvalue weighted by Crippen LogP contribution is -2.29. The van der Waals surface area contributed by atoms with Crippen molar-refractivity contribution >= 4 is 17.4 Å². The van der Waals surface area contributed by atoms with E-state index in [0.717, 1.165) is 5.56 Å². The van der Waals surface area contributed by atoms with Crippen LogP contribution in [0.4, 0.5) is 5.69 Å². The molecule has 19 heavy (non-hydrogen) atoms. The summed E-state index contributed by atoms with van der Waals surface area (Å²) in [6.07, 6.45) is -0.841. The summed E-state index contributed by atoms with van der Waals surface area (Å²) in [5, 5.41) is 14.4. The Balaban J connectivity index is 2.30. The number of oxime groups is 1. The van der Waals surface area contributed by atoms with Crippen molar-refractivity contribution in [1.82, 2.24) is 0 Å². The Morgan fingerprint density at radius 2 is 2.05 bits per heavy atom. The van der Waals surface area contributed by atoms with Gasteiger partial charge in [0.25, 0.3) is 5.69 Å². The summed E-state index contributed by atoms with van der Waals surface area (Å²) in [4.78, 5) is 26.8. The highest BCUT2D eigenvalue weighted by Gasteiger charge is 2.39. The number of carbonyl (C=O) groups excluding carboxylic acids is 1. The van der Waals surface area contributed by atoms with Gasteiger partial charge in [0.1, 0.15) is 0 Å². The summed E-state index contributed by atoms with van der Waals surface area (Å²) in [6, 6.07) is 5.95. The number of benzene rings is 1. The van der Waals surface area contributed by atoms with Crippen LogP contribution in [0.5, 0.6) is 0 Å². The Bertz CT molecular complexity index is 538. The summed E-state index contributed by atoms with van der Waals surface area (Å²) in [6.45, 7) is 1.73. The fourth-order valence-electron chi connectivity index (χ4n) is 1.99. The average molecular weight is 264 g/mol. The maximum atomic E-state index is 11.6. The molecule has 0 spiro atoms. The van der Waals surface area contributed by atoms with Crippen LogP contribution in [0.3, 0.4) is 0 Å². The maximum absolute atomic E-state index is 11.6. The van der Waals surface area contributed by atoms with Gasteiger partial charge in [0.05, 0.1) is 23.7 Å². The second kappa shape index (κ2) is 5.05. The molecule has 7 heteroatoms. The lowest BCUT2D eigenvalue weighted by molar-refractivity contribution is -0.384. The molecule has 1 aliphatic heterocycles. The molecule has 1 unspecified atom stereocenters. The van der Waals surface area contributed by atoms with Crippen molar-refractivity contribution in [3.63, 3.8) is 0 Å². The third kappa shape index (κ3) is 2.40. The monoisotopic (exact) mass is 264 g/mol. The number of non-ortho nitro benzene ring substituents is 1. The number of hydrogen-bond donors (Lipinski definition) is 0. The molecule has 0 N–H and O–H groups in total. The number of nitrogens with zero attached hydrogens (tertiary/aromatic N) is 2. The Kier molecular flexibility index (Phi) is 3.46. The Morgan fingerprint density at radius 3 is 2.58 bits per heavy atom. The molecule has 0 amide bonds. The van der Waals surface area contributed by atoms with E-state index in [2.05, 4.69) is 9.89 Å². The van der Waals surface area contributed by atoms with Gasteiger partial charge in [-0.2, -0.15) is 0 Å². The number of rotatable bonds is 3. The van der Waals surface area contributed by atoms with Gasteiger partial charge >= 0.3 is 5.97 Å². The highest BCUT2D eigenvalue weighted by Crippen LogP contribution is 2.30. The molecule has 1 aromatic rings. The van der Waals surface area contributed by atoms with Crippen LogP contribution < -0.4 is 0 Å². The minimum atomic E-state index is -0.841. The first-order chi connectivity index (χ1) is 9.04. The maximum Gasteiger partial charge on any atom is 0.351 e. The van der Waals surface area contributed by atoms with Gasteiger partial charge in [-0.05, 0) is 12.5 Å². The first-order valence-corrected chi connectivity index (χ1v) is 5.57. The van der Waals surface area contributed by atoms with Gasteiger partial charge in [-0.15, -0.1) is 0 Å². The van der Waals surface area contributed by atoms with Crippen LogP contribution in [0.2, 0.25) is 0 Å². The molecule has 100 valence electrons. The number of ether oxygens (including phenoxy) is 1. The molecule has 7 nitrogen and oxygen atoms in total. The van der Waals surface area contributed by atoms with Crippen molar-refractivity contribution in [3.05, 3.63) is 39.9 Å². The lowest BCUT2D eigenvalue weighted by Gasteiger charge is -2.15. The smallest absolute Gasteiger partial charge is 0.351 e. The number of nitro benzene ring substituents is 1. The normalized spacial score (nSPS) is 21.5. The van der Waals surface area contributed by atoms with Crippen molar-refractivity contribution in [1.29, 1.82) is 0 Å². The molecule has 1 aliphatic rings. The predicted molar refractivity (Wildman–Crippen MR) is 65.8 cm³/mol. The molecule has 1 heterocycles. The van der Waals surface area contributed by atoms with Crippen LogP contribution >= 0.6 is 0 Å². The molecule has 1 aromatic carbocycles. The molecule has 0 saturated heterocycles. The summed E-state index contributed by atoms with van der Waals surface area (Å²) in [7, 11) is 1.27. The number of carbonyl (C=O) groups is 1. The molecule has 2 rings (SSSR count). The zero-order chi connectivity index (χ0) is 14.0. The number of nitro groups is 1. The van der Waals surface area contributed by atoms with Crippen molar-refractivity contribution in [2.24, 2.45) is 5.16 Å².